The molecule has 0 aromatic carbocycles. The van der Waals surface area contributed by atoms with Gasteiger partial charge in [0.2, 0.25) is 0 Å². The summed E-state index contributed by atoms with van der Waals surface area (Å²) in [6, 6.07) is 0. The Morgan fingerprint density at radius 3 is 2.83 bits per heavy atom. The molecule has 2 heterocycles. The maximum atomic E-state index is 11.9. The van der Waals surface area contributed by atoms with Gasteiger partial charge in [0.25, 0.3) is 0 Å². The number of carbonyl (C=O) groups is 1. The molecule has 0 aromatic rings. The first-order valence-corrected chi connectivity index (χ1v) is 7.15. The second kappa shape index (κ2) is 5.57. The Morgan fingerprint density at radius 1 is 1.44 bits per heavy atom. The van der Waals surface area contributed by atoms with Crippen molar-refractivity contribution in [2.45, 2.75) is 38.6 Å². The van der Waals surface area contributed by atoms with Gasteiger partial charge in [-0.1, -0.05) is 6.92 Å². The molecule has 4 nitrogen and oxygen atoms in total. The zero-order valence-corrected chi connectivity index (χ0v) is 11.9. The first kappa shape index (κ1) is 13.8. The maximum Gasteiger partial charge on any atom is 0.325 e. The van der Waals surface area contributed by atoms with Gasteiger partial charge in [-0.15, -0.1) is 0 Å². The Bertz CT molecular complexity index is 308. The van der Waals surface area contributed by atoms with Crippen LogP contribution in [0.15, 0.2) is 0 Å². The third-order valence-electron chi connectivity index (χ3n) is 4.76. The van der Waals surface area contributed by atoms with Crippen LogP contribution in [0.1, 0.15) is 33.1 Å². The van der Waals surface area contributed by atoms with Gasteiger partial charge < -0.3 is 15.0 Å². The van der Waals surface area contributed by atoms with Gasteiger partial charge in [-0.25, -0.2) is 0 Å². The van der Waals surface area contributed by atoms with E-state index in [1.54, 1.807) is 0 Å². The predicted octanol–water partition coefficient (Wildman–Crippen LogP) is 1.26. The van der Waals surface area contributed by atoms with Crippen molar-refractivity contribution in [2.75, 3.05) is 33.3 Å². The third-order valence-corrected chi connectivity index (χ3v) is 4.76. The van der Waals surface area contributed by atoms with Gasteiger partial charge >= 0.3 is 5.97 Å². The number of carbonyl (C=O) groups excluding carboxylic acids is 1. The molecule has 2 aliphatic heterocycles. The first-order valence-electron chi connectivity index (χ1n) is 7.15. The van der Waals surface area contributed by atoms with E-state index in [4.69, 9.17) is 4.74 Å². The number of ether oxygens (including phenoxy) is 1. The first-order chi connectivity index (χ1) is 8.59. The number of nitrogens with zero attached hydrogens (tertiary/aromatic N) is 1. The van der Waals surface area contributed by atoms with E-state index in [0.29, 0.717) is 5.92 Å². The smallest absolute Gasteiger partial charge is 0.325 e. The van der Waals surface area contributed by atoms with E-state index < -0.39 is 5.54 Å². The monoisotopic (exact) mass is 254 g/mol. The summed E-state index contributed by atoms with van der Waals surface area (Å²) in [5.74, 6) is 1.31. The Labute approximate surface area is 110 Å². The van der Waals surface area contributed by atoms with Crippen LogP contribution in [0.4, 0.5) is 0 Å². The van der Waals surface area contributed by atoms with Crippen LogP contribution in [-0.4, -0.2) is 49.7 Å². The zero-order valence-electron chi connectivity index (χ0n) is 11.9. The van der Waals surface area contributed by atoms with E-state index in [0.717, 1.165) is 25.4 Å². The lowest BCUT2D eigenvalue weighted by Gasteiger charge is -2.39. The standard InChI is InChI=1S/C14H26N2O2/c1-4-16-8-6-12(10-16)11-5-7-15-14(2,9-11)13(17)18-3/h11-12,15H,4-10H2,1-3H3. The number of piperidine rings is 1. The second-order valence-electron chi connectivity index (χ2n) is 5.95. The highest BCUT2D eigenvalue weighted by atomic mass is 16.5. The summed E-state index contributed by atoms with van der Waals surface area (Å²) >= 11 is 0. The number of likely N-dealkylation sites (tertiary alicyclic amines) is 1. The fourth-order valence-corrected chi connectivity index (χ4v) is 3.55. The van der Waals surface area contributed by atoms with Gasteiger partial charge in [0.15, 0.2) is 0 Å². The minimum atomic E-state index is -0.475. The summed E-state index contributed by atoms with van der Waals surface area (Å²) in [6.45, 7) is 8.72. The van der Waals surface area contributed by atoms with Crippen LogP contribution in [0.25, 0.3) is 0 Å². The highest BCUT2D eigenvalue weighted by Gasteiger charge is 2.42. The molecular weight excluding hydrogens is 228 g/mol. The number of methoxy groups -OCH3 is 1. The summed E-state index contributed by atoms with van der Waals surface area (Å²) in [7, 11) is 1.48. The summed E-state index contributed by atoms with van der Waals surface area (Å²) in [5, 5.41) is 3.34. The Balaban J connectivity index is 1.97. The van der Waals surface area contributed by atoms with Crippen LogP contribution in [-0.2, 0) is 9.53 Å². The highest BCUT2D eigenvalue weighted by Crippen LogP contribution is 2.35. The van der Waals surface area contributed by atoms with Gasteiger partial charge in [0.05, 0.1) is 7.11 Å². The van der Waals surface area contributed by atoms with Crippen molar-refractivity contribution >= 4 is 5.97 Å². The van der Waals surface area contributed by atoms with E-state index in [1.807, 2.05) is 6.92 Å². The lowest BCUT2D eigenvalue weighted by molar-refractivity contribution is -0.149. The minimum absolute atomic E-state index is 0.113. The average Bonchev–Trinajstić information content (AvgIpc) is 2.86. The van der Waals surface area contributed by atoms with Crippen molar-refractivity contribution in [3.63, 3.8) is 0 Å². The van der Waals surface area contributed by atoms with Crippen molar-refractivity contribution in [3.8, 4) is 0 Å². The topological polar surface area (TPSA) is 41.6 Å². The van der Waals surface area contributed by atoms with Crippen LogP contribution < -0.4 is 5.32 Å². The van der Waals surface area contributed by atoms with Crippen molar-refractivity contribution in [3.05, 3.63) is 0 Å². The number of esters is 1. The van der Waals surface area contributed by atoms with E-state index in [-0.39, 0.29) is 5.97 Å². The van der Waals surface area contributed by atoms with Crippen molar-refractivity contribution < 1.29 is 9.53 Å². The van der Waals surface area contributed by atoms with Crippen LogP contribution in [0.2, 0.25) is 0 Å². The number of hydrogen-bond donors (Lipinski definition) is 1. The van der Waals surface area contributed by atoms with Gasteiger partial charge in [0.1, 0.15) is 5.54 Å². The van der Waals surface area contributed by atoms with Crippen LogP contribution in [0.5, 0.6) is 0 Å². The van der Waals surface area contributed by atoms with Crippen molar-refractivity contribution in [1.29, 1.82) is 0 Å². The maximum absolute atomic E-state index is 11.9. The Kier molecular flexibility index (Phi) is 4.28. The molecule has 0 spiro atoms. The number of hydrogen-bond acceptors (Lipinski definition) is 4. The molecule has 2 aliphatic rings. The molecule has 0 bridgehead atoms. The molecular formula is C14H26N2O2. The molecule has 4 heteroatoms. The molecule has 0 radical (unpaired) electrons. The predicted molar refractivity (Wildman–Crippen MR) is 71.4 cm³/mol. The number of rotatable bonds is 3. The molecule has 0 aliphatic carbocycles. The average molecular weight is 254 g/mol. The van der Waals surface area contributed by atoms with E-state index in [2.05, 4.69) is 17.1 Å². The Hall–Kier alpha value is -0.610. The van der Waals surface area contributed by atoms with E-state index in [9.17, 15) is 4.79 Å². The molecule has 2 fully saturated rings. The summed E-state index contributed by atoms with van der Waals surface area (Å²) in [6.07, 6.45) is 3.40. The lowest BCUT2D eigenvalue weighted by Crippen LogP contribution is -2.56. The van der Waals surface area contributed by atoms with Crippen LogP contribution in [0, 0.1) is 11.8 Å². The second-order valence-corrected chi connectivity index (χ2v) is 5.95. The largest absolute Gasteiger partial charge is 0.468 e. The molecule has 0 amide bonds. The molecule has 1 N–H and O–H groups in total. The van der Waals surface area contributed by atoms with Gasteiger partial charge in [-0.3, -0.25) is 4.79 Å². The fraction of sp³-hybridized carbons (Fsp3) is 0.929. The fourth-order valence-electron chi connectivity index (χ4n) is 3.55. The summed E-state index contributed by atoms with van der Waals surface area (Å²) in [4.78, 5) is 14.4. The molecule has 2 saturated heterocycles. The van der Waals surface area contributed by atoms with Gasteiger partial charge in [-0.05, 0) is 57.7 Å². The van der Waals surface area contributed by atoms with Crippen LogP contribution in [0.3, 0.4) is 0 Å². The van der Waals surface area contributed by atoms with Crippen LogP contribution >= 0.6 is 0 Å². The quantitative estimate of drug-likeness (QED) is 0.770. The van der Waals surface area contributed by atoms with Crippen molar-refractivity contribution in [1.82, 2.24) is 10.2 Å². The zero-order chi connectivity index (χ0) is 13.2. The molecule has 0 aromatic heterocycles. The normalized spacial score (nSPS) is 37.7. The molecule has 2 rings (SSSR count). The highest BCUT2D eigenvalue weighted by molar-refractivity contribution is 5.80. The molecule has 104 valence electrons. The van der Waals surface area contributed by atoms with E-state index >= 15 is 0 Å². The lowest BCUT2D eigenvalue weighted by atomic mass is 9.76. The molecule has 0 saturated carbocycles. The summed E-state index contributed by atoms with van der Waals surface area (Å²) < 4.78 is 4.93. The van der Waals surface area contributed by atoms with Gasteiger partial charge in [-0.2, -0.15) is 0 Å². The van der Waals surface area contributed by atoms with Crippen molar-refractivity contribution in [2.24, 2.45) is 11.8 Å². The minimum Gasteiger partial charge on any atom is -0.468 e. The summed E-state index contributed by atoms with van der Waals surface area (Å²) in [5.41, 5.74) is -0.475. The van der Waals surface area contributed by atoms with Gasteiger partial charge in [0, 0.05) is 6.54 Å². The number of nitrogens with one attached hydrogen (secondary N) is 1. The Morgan fingerprint density at radius 2 is 2.22 bits per heavy atom. The molecule has 3 unspecified atom stereocenters. The molecule has 3 atom stereocenters. The van der Waals surface area contributed by atoms with E-state index in [1.165, 1.54) is 33.0 Å². The molecule has 18 heavy (non-hydrogen) atoms. The SMILES string of the molecule is CCN1CCC(C2CCNC(C)(C(=O)OC)C2)C1. The third kappa shape index (κ3) is 2.69.